The molecule has 0 radical (unpaired) electrons. The third-order valence-corrected chi connectivity index (χ3v) is 14.7. The van der Waals surface area contributed by atoms with E-state index in [9.17, 15) is 0 Å². The van der Waals surface area contributed by atoms with Gasteiger partial charge in [0, 0.05) is 64.5 Å². The minimum absolute atomic E-state index is 0.903. The average molecular weight is 859 g/mol. The van der Waals surface area contributed by atoms with Crippen LogP contribution in [0.2, 0.25) is 0 Å². The van der Waals surface area contributed by atoms with Crippen molar-refractivity contribution in [1.29, 1.82) is 0 Å². The molecule has 66 heavy (non-hydrogen) atoms. The number of thiophene rings is 1. The van der Waals surface area contributed by atoms with Crippen molar-refractivity contribution in [1.82, 2.24) is 4.57 Å². The van der Waals surface area contributed by atoms with Crippen LogP contribution in [-0.2, 0) is 0 Å². The van der Waals surface area contributed by atoms with Crippen molar-refractivity contribution in [3.8, 4) is 27.9 Å². The second kappa shape index (κ2) is 14.5. The quantitative estimate of drug-likeness (QED) is 0.155. The number of rotatable bonds is 6. The van der Waals surface area contributed by atoms with Gasteiger partial charge in [0.1, 0.15) is 11.2 Å². The molecule has 0 saturated heterocycles. The zero-order chi connectivity index (χ0) is 43.3. The van der Waals surface area contributed by atoms with Gasteiger partial charge in [0.15, 0.2) is 0 Å². The SMILES string of the molecule is c1ccc(-c2cccc3ccc4ccc(N(c5ccc(-n6c7ccccc7c7ccccc76)cc5)c5ccc6sc7cccc(-c8ccc9c(c8)oc8ccccc89)c7c6c5)cc4c23)cc1. The van der Waals surface area contributed by atoms with Gasteiger partial charge in [-0.1, -0.05) is 140 Å². The number of anilines is 3. The normalized spacial score (nSPS) is 11.9. The molecule has 0 aliphatic carbocycles. The van der Waals surface area contributed by atoms with Crippen LogP contribution < -0.4 is 4.90 Å². The second-order valence-electron chi connectivity index (χ2n) is 17.2. The van der Waals surface area contributed by atoms with E-state index >= 15 is 0 Å². The Morgan fingerprint density at radius 3 is 1.77 bits per heavy atom. The molecule has 0 fully saturated rings. The molecule has 14 rings (SSSR count). The van der Waals surface area contributed by atoms with Gasteiger partial charge in [0.2, 0.25) is 0 Å². The Balaban J connectivity index is 0.980. The fourth-order valence-corrected chi connectivity index (χ4v) is 11.7. The van der Waals surface area contributed by atoms with Crippen LogP contribution in [0.25, 0.3) is 113 Å². The second-order valence-corrected chi connectivity index (χ2v) is 18.3. The molecule has 4 heteroatoms. The fourth-order valence-electron chi connectivity index (χ4n) is 10.6. The highest BCUT2D eigenvalue weighted by Crippen LogP contribution is 2.46. The summed E-state index contributed by atoms with van der Waals surface area (Å²) >= 11 is 1.85. The Morgan fingerprint density at radius 2 is 0.970 bits per heavy atom. The molecule has 3 heterocycles. The van der Waals surface area contributed by atoms with E-state index in [0.29, 0.717) is 0 Å². The highest BCUT2D eigenvalue weighted by molar-refractivity contribution is 7.26. The highest BCUT2D eigenvalue weighted by atomic mass is 32.1. The van der Waals surface area contributed by atoms with Crippen LogP contribution in [0, 0.1) is 0 Å². The van der Waals surface area contributed by atoms with Crippen molar-refractivity contribution in [3.05, 3.63) is 231 Å². The van der Waals surface area contributed by atoms with E-state index in [1.165, 1.54) is 80.2 Å². The largest absolute Gasteiger partial charge is 0.456 e. The molecular formula is C62H38N2OS. The Hall–Kier alpha value is -8.44. The summed E-state index contributed by atoms with van der Waals surface area (Å²) in [7, 11) is 0. The van der Waals surface area contributed by atoms with Crippen molar-refractivity contribution in [2.45, 2.75) is 0 Å². The van der Waals surface area contributed by atoms with Crippen LogP contribution in [-0.4, -0.2) is 4.57 Å². The van der Waals surface area contributed by atoms with Gasteiger partial charge in [-0.2, -0.15) is 0 Å². The number of hydrogen-bond donors (Lipinski definition) is 0. The predicted molar refractivity (Wildman–Crippen MR) is 282 cm³/mol. The van der Waals surface area contributed by atoms with Crippen molar-refractivity contribution in [2.75, 3.05) is 4.90 Å². The van der Waals surface area contributed by atoms with E-state index in [0.717, 1.165) is 50.3 Å². The van der Waals surface area contributed by atoms with Gasteiger partial charge in [-0.15, -0.1) is 11.3 Å². The van der Waals surface area contributed by atoms with Crippen LogP contribution >= 0.6 is 11.3 Å². The number of benzene rings is 11. The standard InChI is InChI=1S/C62H38N2OS/c1-2-12-39(13-3-1)47-18-10-14-41-25-24-40-26-28-45(37-53(40)61(41)47)63(43-29-31-44(32-30-43)64-55-20-7-4-15-49(55)50-16-5-8-21-56(50)64)46-33-35-59-54(38-46)62-48(19-11-23-60(62)66-59)42-27-34-52-51-17-6-9-22-57(51)65-58(52)36-42/h1-38H. The zero-order valence-electron chi connectivity index (χ0n) is 35.7. The first-order valence-corrected chi connectivity index (χ1v) is 23.3. The van der Waals surface area contributed by atoms with Crippen LogP contribution in [0.5, 0.6) is 0 Å². The molecule has 0 atom stereocenters. The van der Waals surface area contributed by atoms with E-state index in [2.05, 4.69) is 228 Å². The number of aromatic nitrogens is 1. The van der Waals surface area contributed by atoms with E-state index < -0.39 is 0 Å². The molecule has 0 N–H and O–H groups in total. The maximum Gasteiger partial charge on any atom is 0.136 e. The monoisotopic (exact) mass is 858 g/mol. The van der Waals surface area contributed by atoms with Crippen molar-refractivity contribution in [2.24, 2.45) is 0 Å². The number of hydrogen-bond acceptors (Lipinski definition) is 3. The number of furan rings is 1. The van der Waals surface area contributed by atoms with Gasteiger partial charge in [0.25, 0.3) is 0 Å². The number of nitrogens with zero attached hydrogens (tertiary/aromatic N) is 2. The molecule has 0 aliphatic heterocycles. The van der Waals surface area contributed by atoms with E-state index in [1.807, 2.05) is 23.5 Å². The fraction of sp³-hybridized carbons (Fsp3) is 0. The van der Waals surface area contributed by atoms with Gasteiger partial charge < -0.3 is 13.9 Å². The van der Waals surface area contributed by atoms with Gasteiger partial charge in [-0.3, -0.25) is 0 Å². The summed E-state index contributed by atoms with van der Waals surface area (Å²) in [5.74, 6) is 0. The summed E-state index contributed by atoms with van der Waals surface area (Å²) in [6.45, 7) is 0. The minimum atomic E-state index is 0.903. The van der Waals surface area contributed by atoms with Crippen molar-refractivity contribution in [3.63, 3.8) is 0 Å². The number of para-hydroxylation sites is 3. The third kappa shape index (κ3) is 5.69. The summed E-state index contributed by atoms with van der Waals surface area (Å²) in [6.07, 6.45) is 0. The minimum Gasteiger partial charge on any atom is -0.456 e. The first-order chi connectivity index (χ1) is 32.7. The first-order valence-electron chi connectivity index (χ1n) is 22.5. The number of fused-ring (bicyclic) bond motifs is 12. The molecule has 0 amide bonds. The molecule has 11 aromatic carbocycles. The van der Waals surface area contributed by atoms with Crippen molar-refractivity contribution >= 4 is 114 Å². The Kier molecular flexibility index (Phi) is 8.15. The Bertz CT molecular complexity index is 4180. The molecule has 0 spiro atoms. The summed E-state index contributed by atoms with van der Waals surface area (Å²) < 4.78 is 11.3. The van der Waals surface area contributed by atoms with Crippen LogP contribution in [0.4, 0.5) is 17.1 Å². The lowest BCUT2D eigenvalue weighted by Gasteiger charge is -2.27. The van der Waals surface area contributed by atoms with Crippen LogP contribution in [0.3, 0.4) is 0 Å². The van der Waals surface area contributed by atoms with Crippen LogP contribution in [0.1, 0.15) is 0 Å². The van der Waals surface area contributed by atoms with E-state index in [1.54, 1.807) is 0 Å². The summed E-state index contributed by atoms with van der Waals surface area (Å²) in [5.41, 5.74) is 13.4. The molecule has 0 saturated carbocycles. The maximum absolute atomic E-state index is 6.40. The Labute approximate surface area is 384 Å². The van der Waals surface area contributed by atoms with E-state index in [4.69, 9.17) is 4.42 Å². The summed E-state index contributed by atoms with van der Waals surface area (Å²) in [5, 5.41) is 12.2. The lowest BCUT2D eigenvalue weighted by Crippen LogP contribution is -2.10. The molecule has 308 valence electrons. The first kappa shape index (κ1) is 37.0. The van der Waals surface area contributed by atoms with Gasteiger partial charge in [0.05, 0.1) is 11.0 Å². The average Bonchev–Trinajstić information content (AvgIpc) is 4.06. The van der Waals surface area contributed by atoms with Gasteiger partial charge in [-0.25, -0.2) is 0 Å². The molecule has 3 aromatic heterocycles. The topological polar surface area (TPSA) is 21.3 Å². The molecule has 0 aliphatic rings. The lowest BCUT2D eigenvalue weighted by molar-refractivity contribution is 0.669. The lowest BCUT2D eigenvalue weighted by atomic mass is 9.93. The molecule has 0 unspecified atom stereocenters. The molecule has 3 nitrogen and oxygen atoms in total. The zero-order valence-corrected chi connectivity index (χ0v) is 36.5. The van der Waals surface area contributed by atoms with Crippen molar-refractivity contribution < 1.29 is 4.42 Å². The highest BCUT2D eigenvalue weighted by Gasteiger charge is 2.20. The maximum atomic E-state index is 6.40. The summed E-state index contributed by atoms with van der Waals surface area (Å²) in [6, 6.07) is 84.1. The predicted octanol–water partition coefficient (Wildman–Crippen LogP) is 18.2. The smallest absolute Gasteiger partial charge is 0.136 e. The third-order valence-electron chi connectivity index (χ3n) is 13.6. The molecule has 0 bridgehead atoms. The van der Waals surface area contributed by atoms with Gasteiger partial charge in [-0.05, 0) is 135 Å². The van der Waals surface area contributed by atoms with E-state index in [-0.39, 0.29) is 0 Å². The summed E-state index contributed by atoms with van der Waals surface area (Å²) in [4.78, 5) is 2.44. The molecule has 14 aromatic rings. The molecular weight excluding hydrogens is 821 g/mol. The van der Waals surface area contributed by atoms with Gasteiger partial charge >= 0.3 is 0 Å². The Morgan fingerprint density at radius 1 is 0.348 bits per heavy atom. The van der Waals surface area contributed by atoms with Crippen LogP contribution in [0.15, 0.2) is 235 Å².